The van der Waals surface area contributed by atoms with E-state index in [0.717, 1.165) is 17.5 Å². The number of rotatable bonds is 9. The van der Waals surface area contributed by atoms with Crippen LogP contribution < -0.4 is 14.8 Å². The highest BCUT2D eigenvalue weighted by atomic mass is 16.5. The summed E-state index contributed by atoms with van der Waals surface area (Å²) in [4.78, 5) is 12.4. The summed E-state index contributed by atoms with van der Waals surface area (Å²) in [6.45, 7) is 2.75. The maximum Gasteiger partial charge on any atom is 0.225 e. The Morgan fingerprint density at radius 3 is 2.34 bits per heavy atom. The quantitative estimate of drug-likeness (QED) is 0.595. The average Bonchev–Trinajstić information content (AvgIpc) is 3.18. The molecular formula is C23H27N3O3. The van der Waals surface area contributed by atoms with E-state index >= 15 is 0 Å². The number of aromatic nitrogens is 2. The van der Waals surface area contributed by atoms with Crippen molar-refractivity contribution in [2.75, 3.05) is 19.5 Å². The Morgan fingerprint density at radius 2 is 1.66 bits per heavy atom. The van der Waals surface area contributed by atoms with Crippen LogP contribution in [0.1, 0.15) is 30.0 Å². The van der Waals surface area contributed by atoms with Crippen molar-refractivity contribution >= 4 is 11.7 Å². The molecule has 29 heavy (non-hydrogen) atoms. The number of benzene rings is 2. The van der Waals surface area contributed by atoms with Gasteiger partial charge in [0.15, 0.2) is 11.5 Å². The van der Waals surface area contributed by atoms with Gasteiger partial charge in [0, 0.05) is 12.5 Å². The average molecular weight is 393 g/mol. The Morgan fingerprint density at radius 1 is 0.966 bits per heavy atom. The van der Waals surface area contributed by atoms with Gasteiger partial charge in [0.1, 0.15) is 5.82 Å². The lowest BCUT2D eigenvalue weighted by Crippen LogP contribution is -2.16. The highest BCUT2D eigenvalue weighted by Crippen LogP contribution is 2.28. The predicted octanol–water partition coefficient (Wildman–Crippen LogP) is 4.08. The van der Waals surface area contributed by atoms with Gasteiger partial charge < -0.3 is 14.8 Å². The lowest BCUT2D eigenvalue weighted by molar-refractivity contribution is -0.116. The molecule has 0 unspecified atom stereocenters. The van der Waals surface area contributed by atoms with Gasteiger partial charge in [0.25, 0.3) is 0 Å². The molecule has 1 amide bonds. The third-order valence-electron chi connectivity index (χ3n) is 4.84. The molecule has 2 aromatic carbocycles. The normalized spacial score (nSPS) is 10.6. The molecule has 1 N–H and O–H groups in total. The van der Waals surface area contributed by atoms with Crippen LogP contribution in [-0.2, 0) is 24.2 Å². The summed E-state index contributed by atoms with van der Waals surface area (Å²) in [5.74, 6) is 1.99. The van der Waals surface area contributed by atoms with Crippen molar-refractivity contribution in [1.82, 2.24) is 9.78 Å². The Kier molecular flexibility index (Phi) is 6.89. The molecule has 0 aliphatic rings. The maximum absolute atomic E-state index is 12.4. The van der Waals surface area contributed by atoms with Crippen LogP contribution in [0.5, 0.6) is 11.5 Å². The van der Waals surface area contributed by atoms with Gasteiger partial charge in [-0.05, 0) is 41.7 Å². The van der Waals surface area contributed by atoms with Gasteiger partial charge in [-0.2, -0.15) is 5.10 Å². The molecule has 1 aromatic heterocycles. The number of amides is 1. The minimum Gasteiger partial charge on any atom is -0.493 e. The minimum absolute atomic E-state index is 0.0529. The Hall–Kier alpha value is -3.28. The molecule has 6 heteroatoms. The molecule has 0 fully saturated rings. The Balaban J connectivity index is 1.58. The molecule has 6 nitrogen and oxygen atoms in total. The van der Waals surface area contributed by atoms with Gasteiger partial charge in [-0.15, -0.1) is 0 Å². The molecule has 0 radical (unpaired) electrons. The molecule has 1 heterocycles. The van der Waals surface area contributed by atoms with E-state index in [2.05, 4.69) is 41.6 Å². The van der Waals surface area contributed by atoms with E-state index in [1.165, 1.54) is 5.56 Å². The third kappa shape index (κ3) is 5.38. The summed E-state index contributed by atoms with van der Waals surface area (Å²) in [6, 6.07) is 16.0. The van der Waals surface area contributed by atoms with Gasteiger partial charge in [-0.25, -0.2) is 4.68 Å². The van der Waals surface area contributed by atoms with Crippen molar-refractivity contribution in [1.29, 1.82) is 0 Å². The number of hydrogen-bond acceptors (Lipinski definition) is 4. The molecule has 0 atom stereocenters. The van der Waals surface area contributed by atoms with E-state index < -0.39 is 0 Å². The molecule has 0 spiro atoms. The molecule has 0 saturated heterocycles. The van der Waals surface area contributed by atoms with Crippen LogP contribution in [0.2, 0.25) is 0 Å². The van der Waals surface area contributed by atoms with Crippen molar-refractivity contribution in [3.63, 3.8) is 0 Å². The number of anilines is 1. The van der Waals surface area contributed by atoms with Gasteiger partial charge in [-0.3, -0.25) is 4.79 Å². The fraction of sp³-hybridized carbons (Fsp3) is 0.304. The van der Waals surface area contributed by atoms with Crippen LogP contribution in [0.25, 0.3) is 0 Å². The fourth-order valence-corrected chi connectivity index (χ4v) is 3.12. The number of carbonyl (C=O) groups is 1. The first-order valence-corrected chi connectivity index (χ1v) is 9.73. The maximum atomic E-state index is 12.4. The number of methoxy groups -OCH3 is 2. The SMILES string of the molecule is CCc1ccc(Cn2nccc2NC(=O)CCc2ccc(OC)c(OC)c2)cc1. The molecule has 0 aliphatic carbocycles. The minimum atomic E-state index is -0.0529. The van der Waals surface area contributed by atoms with E-state index in [9.17, 15) is 4.79 Å². The zero-order valence-corrected chi connectivity index (χ0v) is 17.1. The van der Waals surface area contributed by atoms with Crippen LogP contribution in [0.3, 0.4) is 0 Å². The highest BCUT2D eigenvalue weighted by molar-refractivity contribution is 5.90. The van der Waals surface area contributed by atoms with Crippen LogP contribution in [-0.4, -0.2) is 29.9 Å². The second-order valence-electron chi connectivity index (χ2n) is 6.78. The zero-order chi connectivity index (χ0) is 20.6. The largest absolute Gasteiger partial charge is 0.493 e. The van der Waals surface area contributed by atoms with Crippen molar-refractivity contribution < 1.29 is 14.3 Å². The summed E-state index contributed by atoms with van der Waals surface area (Å²) in [7, 11) is 3.21. The van der Waals surface area contributed by atoms with E-state index in [1.807, 2.05) is 24.3 Å². The molecule has 0 aliphatic heterocycles. The number of aryl methyl sites for hydroxylation is 2. The Bertz CT molecular complexity index is 948. The van der Waals surface area contributed by atoms with Crippen LogP contribution >= 0.6 is 0 Å². The summed E-state index contributed by atoms with van der Waals surface area (Å²) in [5, 5.41) is 7.30. The van der Waals surface area contributed by atoms with Gasteiger partial charge in [0.05, 0.1) is 27.0 Å². The fourth-order valence-electron chi connectivity index (χ4n) is 3.12. The van der Waals surface area contributed by atoms with Gasteiger partial charge >= 0.3 is 0 Å². The number of carbonyl (C=O) groups excluding carboxylic acids is 1. The van der Waals surface area contributed by atoms with Crippen LogP contribution in [0, 0.1) is 0 Å². The topological polar surface area (TPSA) is 65.4 Å². The highest BCUT2D eigenvalue weighted by Gasteiger charge is 2.10. The van der Waals surface area contributed by atoms with Crippen molar-refractivity contribution in [3.05, 3.63) is 71.4 Å². The molecule has 152 valence electrons. The van der Waals surface area contributed by atoms with E-state index in [0.29, 0.717) is 36.7 Å². The zero-order valence-electron chi connectivity index (χ0n) is 17.1. The third-order valence-corrected chi connectivity index (χ3v) is 4.84. The summed E-state index contributed by atoms with van der Waals surface area (Å²) in [5.41, 5.74) is 3.46. The van der Waals surface area contributed by atoms with E-state index in [-0.39, 0.29) is 5.91 Å². The molecule has 3 rings (SSSR count). The monoisotopic (exact) mass is 393 g/mol. The van der Waals surface area contributed by atoms with Crippen molar-refractivity contribution in [3.8, 4) is 11.5 Å². The summed E-state index contributed by atoms with van der Waals surface area (Å²) < 4.78 is 12.4. The summed E-state index contributed by atoms with van der Waals surface area (Å²) in [6.07, 6.45) is 3.69. The molecule has 3 aromatic rings. The second-order valence-corrected chi connectivity index (χ2v) is 6.78. The van der Waals surface area contributed by atoms with Gasteiger partial charge in [0.2, 0.25) is 5.91 Å². The molecular weight excluding hydrogens is 366 g/mol. The number of ether oxygens (including phenoxy) is 2. The smallest absolute Gasteiger partial charge is 0.225 e. The lowest BCUT2D eigenvalue weighted by atomic mass is 10.1. The number of hydrogen-bond donors (Lipinski definition) is 1. The van der Waals surface area contributed by atoms with E-state index in [1.54, 1.807) is 25.1 Å². The van der Waals surface area contributed by atoms with Crippen molar-refractivity contribution in [2.45, 2.75) is 32.7 Å². The van der Waals surface area contributed by atoms with Crippen molar-refractivity contribution in [2.24, 2.45) is 0 Å². The first kappa shape index (κ1) is 20.5. The van der Waals surface area contributed by atoms with Crippen LogP contribution in [0.15, 0.2) is 54.7 Å². The number of nitrogens with zero attached hydrogens (tertiary/aromatic N) is 2. The Labute approximate surface area is 171 Å². The summed E-state index contributed by atoms with van der Waals surface area (Å²) >= 11 is 0. The predicted molar refractivity (Wildman–Crippen MR) is 114 cm³/mol. The second kappa shape index (κ2) is 9.78. The lowest BCUT2D eigenvalue weighted by Gasteiger charge is -2.11. The number of nitrogens with one attached hydrogen (secondary N) is 1. The first-order valence-electron chi connectivity index (χ1n) is 9.73. The molecule has 0 saturated carbocycles. The first-order chi connectivity index (χ1) is 14.1. The van der Waals surface area contributed by atoms with Crippen LogP contribution in [0.4, 0.5) is 5.82 Å². The molecule has 0 bridgehead atoms. The standard InChI is InChI=1S/C23H27N3O3/c1-4-17-5-7-19(8-6-17)16-26-22(13-14-24-26)25-23(27)12-10-18-9-11-20(28-2)21(15-18)29-3/h5-9,11,13-15H,4,10,12,16H2,1-3H3,(H,25,27). The van der Waals surface area contributed by atoms with Gasteiger partial charge in [-0.1, -0.05) is 37.3 Å². The van der Waals surface area contributed by atoms with E-state index in [4.69, 9.17) is 9.47 Å².